The monoisotopic (exact) mass is 470 g/mol. The predicted molar refractivity (Wildman–Crippen MR) is 140 cm³/mol. The van der Waals surface area contributed by atoms with Crippen molar-refractivity contribution in [1.29, 1.82) is 0 Å². The van der Waals surface area contributed by atoms with Gasteiger partial charge in [-0.15, -0.1) is 0 Å². The van der Waals surface area contributed by atoms with E-state index in [0.29, 0.717) is 23.5 Å². The van der Waals surface area contributed by atoms with Gasteiger partial charge in [0.1, 0.15) is 0 Å². The third kappa shape index (κ3) is 9.44. The molecule has 8 heteroatoms. The number of hydrogen-bond acceptors (Lipinski definition) is 4. The minimum Gasteiger partial charge on any atom is -0.327 e. The van der Waals surface area contributed by atoms with Gasteiger partial charge >= 0.3 is 11.8 Å². The van der Waals surface area contributed by atoms with Gasteiger partial charge in [0.15, 0.2) is 0 Å². The number of benzene rings is 2. The lowest BCUT2D eigenvalue weighted by Crippen LogP contribution is -2.31. The molecule has 0 heterocycles. The van der Waals surface area contributed by atoms with E-state index < -0.39 is 17.2 Å². The van der Waals surface area contributed by atoms with Crippen molar-refractivity contribution in [2.45, 2.75) is 62.3 Å². The van der Waals surface area contributed by atoms with Crippen LogP contribution in [0.4, 0.5) is 22.7 Å². The molecule has 0 atom stereocenters. The number of nitrogens with one attached hydrogen (secondary N) is 4. The van der Waals surface area contributed by atoms with Crippen LogP contribution in [0.25, 0.3) is 0 Å². The smallest absolute Gasteiger partial charge is 0.314 e. The molecule has 8 nitrogen and oxygen atoms in total. The van der Waals surface area contributed by atoms with Crippen LogP contribution in [0.15, 0.2) is 36.4 Å². The van der Waals surface area contributed by atoms with Gasteiger partial charge in [0.25, 0.3) is 0 Å². The summed E-state index contributed by atoms with van der Waals surface area (Å²) in [5.41, 5.74) is 2.49. The second-order valence-electron chi connectivity index (χ2n) is 7.97. The van der Waals surface area contributed by atoms with E-state index >= 15 is 0 Å². The summed E-state index contributed by atoms with van der Waals surface area (Å²) in [6.45, 7) is 17.0. The van der Waals surface area contributed by atoms with Gasteiger partial charge in [-0.25, -0.2) is 0 Å². The highest BCUT2D eigenvalue weighted by Gasteiger charge is 2.23. The maximum Gasteiger partial charge on any atom is 0.314 e. The quantitative estimate of drug-likeness (QED) is 0.342. The Labute approximate surface area is 202 Å². The van der Waals surface area contributed by atoms with Crippen LogP contribution in [0.2, 0.25) is 0 Å². The first-order valence-corrected chi connectivity index (χ1v) is 11.4. The van der Waals surface area contributed by atoms with Crippen LogP contribution in [0.3, 0.4) is 0 Å². The lowest BCUT2D eigenvalue weighted by Gasteiger charge is -2.20. The maximum absolute atomic E-state index is 12.4. The fourth-order valence-electron chi connectivity index (χ4n) is 2.49. The molecular weight excluding hydrogens is 432 g/mol. The van der Waals surface area contributed by atoms with E-state index in [1.165, 1.54) is 0 Å². The van der Waals surface area contributed by atoms with Crippen molar-refractivity contribution in [1.82, 2.24) is 0 Å². The normalized spacial score (nSPS) is 9.79. The van der Waals surface area contributed by atoms with Gasteiger partial charge < -0.3 is 21.3 Å². The van der Waals surface area contributed by atoms with E-state index in [1.807, 2.05) is 41.5 Å². The van der Waals surface area contributed by atoms with Crippen molar-refractivity contribution in [2.24, 2.45) is 5.41 Å². The van der Waals surface area contributed by atoms with Gasteiger partial charge in [0, 0.05) is 5.41 Å². The zero-order valence-corrected chi connectivity index (χ0v) is 21.7. The summed E-state index contributed by atoms with van der Waals surface area (Å²) in [5.74, 6) is -2.05. The largest absolute Gasteiger partial charge is 0.327 e. The average Bonchev–Trinajstić information content (AvgIpc) is 2.79. The second kappa shape index (κ2) is 14.5. The van der Waals surface area contributed by atoms with Crippen molar-refractivity contribution in [3.63, 3.8) is 0 Å². The zero-order valence-electron chi connectivity index (χ0n) is 21.7. The van der Waals surface area contributed by atoms with E-state index in [0.717, 1.165) is 11.1 Å². The van der Waals surface area contributed by atoms with Crippen LogP contribution in [0.1, 0.15) is 59.6 Å². The standard InChI is InChI=1S/C22H26N4O4.2C2H6/c1-13-6-8-15(17(10-13)23-12-27)24-19(28)20(29)25-16-9-7-14(2)11-18(16)26-21(30)22(3,4)5;2*1-2/h6-12H,1-5H3,(H,23,27)(H,24,28)(H,25,29)(H,26,30);2*1-2H3. The minimum atomic E-state index is -0.915. The molecule has 2 aromatic rings. The van der Waals surface area contributed by atoms with Crippen molar-refractivity contribution >= 4 is 46.9 Å². The lowest BCUT2D eigenvalue weighted by molar-refractivity contribution is -0.132. The predicted octanol–water partition coefficient (Wildman–Crippen LogP) is 5.49. The van der Waals surface area contributed by atoms with Gasteiger partial charge in [0.2, 0.25) is 12.3 Å². The summed E-state index contributed by atoms with van der Waals surface area (Å²) in [5, 5.41) is 10.3. The summed E-state index contributed by atoms with van der Waals surface area (Å²) < 4.78 is 0. The second-order valence-corrected chi connectivity index (χ2v) is 7.97. The first-order chi connectivity index (χ1) is 16.0. The van der Waals surface area contributed by atoms with Crippen LogP contribution in [-0.4, -0.2) is 24.1 Å². The highest BCUT2D eigenvalue weighted by Crippen LogP contribution is 2.26. The average molecular weight is 471 g/mol. The Morgan fingerprint density at radius 1 is 0.676 bits per heavy atom. The molecule has 0 aromatic heterocycles. The van der Waals surface area contributed by atoms with Crippen LogP contribution < -0.4 is 21.3 Å². The SMILES string of the molecule is CC.CC.Cc1ccc(NC(=O)C(=O)Nc2ccc(C)cc2NC(=O)C(C)(C)C)c(NC=O)c1. The lowest BCUT2D eigenvalue weighted by atomic mass is 9.95. The topological polar surface area (TPSA) is 116 Å². The molecule has 0 aliphatic heterocycles. The maximum atomic E-state index is 12.4. The molecule has 0 aliphatic carbocycles. The molecule has 0 bridgehead atoms. The van der Waals surface area contributed by atoms with E-state index in [9.17, 15) is 19.2 Å². The Hall–Kier alpha value is -3.68. The van der Waals surface area contributed by atoms with Crippen LogP contribution >= 0.6 is 0 Å². The molecular formula is C26H38N4O4. The Morgan fingerprint density at radius 2 is 1.09 bits per heavy atom. The van der Waals surface area contributed by atoms with Crippen molar-refractivity contribution in [3.8, 4) is 0 Å². The fraction of sp³-hybridized carbons (Fsp3) is 0.385. The fourth-order valence-corrected chi connectivity index (χ4v) is 2.49. The molecule has 4 N–H and O–H groups in total. The first kappa shape index (κ1) is 30.3. The number of carbonyl (C=O) groups is 4. The van der Waals surface area contributed by atoms with Gasteiger partial charge in [-0.1, -0.05) is 60.6 Å². The molecule has 0 fully saturated rings. The molecule has 0 radical (unpaired) electrons. The molecule has 2 aromatic carbocycles. The third-order valence-electron chi connectivity index (χ3n) is 4.20. The molecule has 0 spiro atoms. The van der Waals surface area contributed by atoms with Crippen LogP contribution in [0, 0.1) is 19.3 Å². The number of anilines is 4. The Balaban J connectivity index is 0.00000258. The van der Waals surface area contributed by atoms with Gasteiger partial charge in [-0.3, -0.25) is 19.2 Å². The number of hydrogen-bond donors (Lipinski definition) is 4. The molecule has 0 aliphatic rings. The molecule has 0 saturated heterocycles. The number of aryl methyl sites for hydroxylation is 2. The van der Waals surface area contributed by atoms with Crippen molar-refractivity contribution < 1.29 is 19.2 Å². The van der Waals surface area contributed by atoms with E-state index in [-0.39, 0.29) is 11.6 Å². The molecule has 2 rings (SSSR count). The summed E-state index contributed by atoms with van der Waals surface area (Å²) >= 11 is 0. The highest BCUT2D eigenvalue weighted by molar-refractivity contribution is 6.44. The van der Waals surface area contributed by atoms with Crippen LogP contribution in [-0.2, 0) is 19.2 Å². The Kier molecular flexibility index (Phi) is 12.9. The summed E-state index contributed by atoms with van der Waals surface area (Å²) in [6, 6.07) is 10.1. The summed E-state index contributed by atoms with van der Waals surface area (Å²) in [7, 11) is 0. The summed E-state index contributed by atoms with van der Waals surface area (Å²) in [4.78, 5) is 48.0. The highest BCUT2D eigenvalue weighted by atomic mass is 16.2. The van der Waals surface area contributed by atoms with Gasteiger partial charge in [-0.05, 0) is 49.2 Å². The van der Waals surface area contributed by atoms with E-state index in [2.05, 4.69) is 21.3 Å². The van der Waals surface area contributed by atoms with E-state index in [4.69, 9.17) is 0 Å². The molecule has 186 valence electrons. The van der Waals surface area contributed by atoms with Gasteiger partial charge in [-0.2, -0.15) is 0 Å². The van der Waals surface area contributed by atoms with Gasteiger partial charge in [0.05, 0.1) is 22.7 Å². The van der Waals surface area contributed by atoms with Crippen molar-refractivity contribution in [3.05, 3.63) is 47.5 Å². The first-order valence-electron chi connectivity index (χ1n) is 11.4. The number of carbonyl (C=O) groups excluding carboxylic acids is 4. The number of amides is 4. The van der Waals surface area contributed by atoms with Crippen LogP contribution in [0.5, 0.6) is 0 Å². The minimum absolute atomic E-state index is 0.225. The van der Waals surface area contributed by atoms with Crippen molar-refractivity contribution in [2.75, 3.05) is 21.3 Å². The Morgan fingerprint density at radius 3 is 1.50 bits per heavy atom. The zero-order chi connectivity index (χ0) is 26.5. The molecule has 34 heavy (non-hydrogen) atoms. The molecule has 0 unspecified atom stereocenters. The molecule has 0 saturated carbocycles. The molecule has 4 amide bonds. The summed E-state index contributed by atoms with van der Waals surface area (Å²) in [6.07, 6.45) is 0.487. The third-order valence-corrected chi connectivity index (χ3v) is 4.20. The Bertz CT molecular complexity index is 995. The van der Waals surface area contributed by atoms with E-state index in [1.54, 1.807) is 57.2 Å². The number of rotatable bonds is 5.